The summed E-state index contributed by atoms with van der Waals surface area (Å²) < 4.78 is 5.64. The van der Waals surface area contributed by atoms with Gasteiger partial charge in [-0.25, -0.2) is 0 Å². The zero-order valence-electron chi connectivity index (χ0n) is 18.8. The van der Waals surface area contributed by atoms with Gasteiger partial charge >= 0.3 is 17.9 Å². The predicted molar refractivity (Wildman–Crippen MR) is 118 cm³/mol. The first kappa shape index (κ1) is 28.1. The molecule has 0 aliphatic heterocycles. The highest BCUT2D eigenvalue weighted by Crippen LogP contribution is 2.15. The second-order valence-electron chi connectivity index (χ2n) is 7.97. The van der Waals surface area contributed by atoms with E-state index in [2.05, 4.69) is 19.1 Å². The summed E-state index contributed by atoms with van der Waals surface area (Å²) in [6, 6.07) is 0. The van der Waals surface area contributed by atoms with Crippen LogP contribution in [0.15, 0.2) is 12.2 Å². The maximum absolute atomic E-state index is 12.1. The number of hydrogen-bond donors (Lipinski definition) is 2. The molecule has 0 aromatic carbocycles. The molecule has 0 heterocycles. The first-order valence-electron chi connectivity index (χ1n) is 11.7. The number of aliphatic carboxylic acids is 2. The van der Waals surface area contributed by atoms with E-state index in [0.717, 1.165) is 64.2 Å². The fourth-order valence-electron chi connectivity index (χ4n) is 3.25. The van der Waals surface area contributed by atoms with E-state index >= 15 is 0 Å². The van der Waals surface area contributed by atoms with Crippen molar-refractivity contribution in [3.63, 3.8) is 0 Å². The monoisotopic (exact) mass is 426 g/mol. The van der Waals surface area contributed by atoms with Gasteiger partial charge in [-0.3, -0.25) is 14.4 Å². The van der Waals surface area contributed by atoms with Crippen molar-refractivity contribution in [2.75, 3.05) is 0 Å². The van der Waals surface area contributed by atoms with Crippen molar-refractivity contribution in [1.82, 2.24) is 0 Å². The van der Waals surface area contributed by atoms with Crippen LogP contribution in [0.2, 0.25) is 0 Å². The molecule has 0 aromatic rings. The van der Waals surface area contributed by atoms with Gasteiger partial charge in [0.05, 0.1) is 0 Å². The van der Waals surface area contributed by atoms with Crippen LogP contribution >= 0.6 is 0 Å². The Labute approximate surface area is 182 Å². The number of hydrogen-bond acceptors (Lipinski definition) is 4. The van der Waals surface area contributed by atoms with Gasteiger partial charge < -0.3 is 14.9 Å². The van der Waals surface area contributed by atoms with Crippen LogP contribution in [0.1, 0.15) is 116 Å². The summed E-state index contributed by atoms with van der Waals surface area (Å²) in [6.07, 6.45) is 18.0. The molecule has 0 unspecified atom stereocenters. The number of carboxylic acid groups (broad SMARTS) is 2. The Morgan fingerprint density at radius 1 is 0.733 bits per heavy atom. The van der Waals surface area contributed by atoms with Crippen molar-refractivity contribution in [2.24, 2.45) is 0 Å². The van der Waals surface area contributed by atoms with Crippen LogP contribution in [-0.4, -0.2) is 34.2 Å². The average molecular weight is 427 g/mol. The van der Waals surface area contributed by atoms with E-state index in [-0.39, 0.29) is 31.3 Å². The molecule has 1 atom stereocenters. The number of rotatable bonds is 21. The van der Waals surface area contributed by atoms with E-state index in [1.54, 1.807) is 0 Å². The number of carboxylic acids is 2. The van der Waals surface area contributed by atoms with Crippen molar-refractivity contribution >= 4 is 17.9 Å². The SMILES string of the molecule is CCCCCC[C@H](CC=CCCCCCCCC(=O)O)OC(=O)CCCCC(=O)O. The standard InChI is InChI=1S/C24H42O6/c1-2-3-4-11-16-21(30-24(29)20-15-14-19-23(27)28)17-12-9-7-5-6-8-10-13-18-22(25)26/h9,12,21H,2-8,10-11,13-20H2,1H3,(H,25,26)(H,27,28)/t21-/m1/s1. The molecule has 0 aliphatic carbocycles. The van der Waals surface area contributed by atoms with Gasteiger partial charge in [-0.15, -0.1) is 0 Å². The Morgan fingerprint density at radius 3 is 1.97 bits per heavy atom. The van der Waals surface area contributed by atoms with Crippen molar-refractivity contribution in [2.45, 2.75) is 122 Å². The smallest absolute Gasteiger partial charge is 0.306 e. The summed E-state index contributed by atoms with van der Waals surface area (Å²) in [5.41, 5.74) is 0. The molecule has 0 bridgehead atoms. The number of allylic oxidation sites excluding steroid dienone is 1. The zero-order chi connectivity index (χ0) is 22.5. The normalized spacial score (nSPS) is 12.2. The summed E-state index contributed by atoms with van der Waals surface area (Å²) in [7, 11) is 0. The van der Waals surface area contributed by atoms with Crippen LogP contribution in [0.4, 0.5) is 0 Å². The maximum Gasteiger partial charge on any atom is 0.306 e. The van der Waals surface area contributed by atoms with E-state index in [1.807, 2.05) is 0 Å². The third-order valence-corrected chi connectivity index (χ3v) is 5.03. The van der Waals surface area contributed by atoms with Crippen LogP contribution in [-0.2, 0) is 19.1 Å². The maximum atomic E-state index is 12.1. The van der Waals surface area contributed by atoms with Crippen molar-refractivity contribution in [3.05, 3.63) is 12.2 Å². The molecular weight excluding hydrogens is 384 g/mol. The lowest BCUT2D eigenvalue weighted by Crippen LogP contribution is -2.17. The molecule has 174 valence electrons. The molecule has 6 heteroatoms. The van der Waals surface area contributed by atoms with E-state index in [9.17, 15) is 14.4 Å². The molecule has 0 radical (unpaired) electrons. The van der Waals surface area contributed by atoms with Gasteiger partial charge in [0, 0.05) is 25.7 Å². The van der Waals surface area contributed by atoms with Crippen molar-refractivity contribution in [1.29, 1.82) is 0 Å². The van der Waals surface area contributed by atoms with Gasteiger partial charge in [0.2, 0.25) is 0 Å². The minimum Gasteiger partial charge on any atom is -0.481 e. The minimum absolute atomic E-state index is 0.0933. The number of carbonyl (C=O) groups excluding carboxylic acids is 1. The van der Waals surface area contributed by atoms with Crippen molar-refractivity contribution in [3.8, 4) is 0 Å². The largest absolute Gasteiger partial charge is 0.481 e. The van der Waals surface area contributed by atoms with Crippen LogP contribution in [0.25, 0.3) is 0 Å². The first-order valence-corrected chi connectivity index (χ1v) is 11.7. The fraction of sp³-hybridized carbons (Fsp3) is 0.792. The van der Waals surface area contributed by atoms with Crippen LogP contribution in [0, 0.1) is 0 Å². The van der Waals surface area contributed by atoms with Gasteiger partial charge in [0.15, 0.2) is 0 Å². The predicted octanol–water partition coefficient (Wildman–Crippen LogP) is 6.28. The number of carbonyl (C=O) groups is 3. The lowest BCUT2D eigenvalue weighted by atomic mass is 10.1. The zero-order valence-corrected chi connectivity index (χ0v) is 18.8. The lowest BCUT2D eigenvalue weighted by Gasteiger charge is -2.16. The Morgan fingerprint density at radius 2 is 1.30 bits per heavy atom. The molecule has 0 aromatic heterocycles. The molecule has 0 aliphatic rings. The summed E-state index contributed by atoms with van der Waals surface area (Å²) in [4.78, 5) is 33.0. The van der Waals surface area contributed by atoms with Gasteiger partial charge in [-0.05, 0) is 44.9 Å². The molecule has 0 rings (SSSR count). The highest BCUT2D eigenvalue weighted by atomic mass is 16.5. The quantitative estimate of drug-likeness (QED) is 0.127. The Bertz CT molecular complexity index is 486. The Kier molecular flexibility index (Phi) is 19.2. The third-order valence-electron chi connectivity index (χ3n) is 5.03. The van der Waals surface area contributed by atoms with E-state index in [1.165, 1.54) is 12.8 Å². The Balaban J connectivity index is 4.05. The molecule has 0 saturated heterocycles. The number of ether oxygens (including phenoxy) is 1. The second kappa shape index (κ2) is 20.4. The average Bonchev–Trinajstić information content (AvgIpc) is 2.69. The molecule has 30 heavy (non-hydrogen) atoms. The van der Waals surface area contributed by atoms with Crippen LogP contribution in [0.5, 0.6) is 0 Å². The van der Waals surface area contributed by atoms with E-state index in [0.29, 0.717) is 12.8 Å². The minimum atomic E-state index is -0.831. The second-order valence-corrected chi connectivity index (χ2v) is 7.97. The Hall–Kier alpha value is -1.85. The molecule has 0 amide bonds. The molecule has 0 fully saturated rings. The molecule has 0 spiro atoms. The highest BCUT2D eigenvalue weighted by molar-refractivity contribution is 5.70. The van der Waals surface area contributed by atoms with E-state index < -0.39 is 11.9 Å². The van der Waals surface area contributed by atoms with Gasteiger partial charge in [0.1, 0.15) is 6.10 Å². The van der Waals surface area contributed by atoms with Gasteiger partial charge in [0.25, 0.3) is 0 Å². The van der Waals surface area contributed by atoms with E-state index in [4.69, 9.17) is 14.9 Å². The van der Waals surface area contributed by atoms with Gasteiger partial charge in [-0.1, -0.05) is 57.6 Å². The molecule has 0 saturated carbocycles. The third kappa shape index (κ3) is 20.9. The molecule has 2 N–H and O–H groups in total. The summed E-state index contributed by atoms with van der Waals surface area (Å²) in [6.45, 7) is 2.17. The fourth-order valence-corrected chi connectivity index (χ4v) is 3.25. The first-order chi connectivity index (χ1) is 14.5. The molecule has 6 nitrogen and oxygen atoms in total. The van der Waals surface area contributed by atoms with Crippen LogP contribution < -0.4 is 0 Å². The van der Waals surface area contributed by atoms with Gasteiger partial charge in [-0.2, -0.15) is 0 Å². The lowest BCUT2D eigenvalue weighted by molar-refractivity contribution is -0.149. The summed E-state index contributed by atoms with van der Waals surface area (Å²) in [5.74, 6) is -1.78. The number of unbranched alkanes of at least 4 members (excludes halogenated alkanes) is 9. The van der Waals surface area contributed by atoms with Crippen molar-refractivity contribution < 1.29 is 29.3 Å². The number of esters is 1. The highest BCUT2D eigenvalue weighted by Gasteiger charge is 2.13. The summed E-state index contributed by atoms with van der Waals surface area (Å²) >= 11 is 0. The summed E-state index contributed by atoms with van der Waals surface area (Å²) in [5, 5.41) is 17.3. The topological polar surface area (TPSA) is 101 Å². The molecular formula is C24H42O6. The van der Waals surface area contributed by atoms with Crippen LogP contribution in [0.3, 0.4) is 0 Å².